The maximum absolute atomic E-state index is 12.3. The fraction of sp³-hybridized carbons (Fsp3) is 0.294. The summed E-state index contributed by atoms with van der Waals surface area (Å²) in [6.07, 6.45) is 1.04. The molecule has 0 aromatic heterocycles. The van der Waals surface area contributed by atoms with Gasteiger partial charge in [-0.1, -0.05) is 55.1 Å². The molecule has 4 heteroatoms. The van der Waals surface area contributed by atoms with Crippen molar-refractivity contribution in [2.24, 2.45) is 0 Å². The molecule has 1 N–H and O–H groups in total. The van der Waals surface area contributed by atoms with Gasteiger partial charge in [0.1, 0.15) is 0 Å². The number of alkyl halides is 2. The van der Waals surface area contributed by atoms with Gasteiger partial charge in [-0.15, -0.1) is 0 Å². The predicted molar refractivity (Wildman–Crippen MR) is 85.8 cm³/mol. The lowest BCUT2D eigenvalue weighted by atomic mass is 10.00. The molecule has 1 nitrogen and oxygen atoms in total. The van der Waals surface area contributed by atoms with Gasteiger partial charge in [0, 0.05) is 10.9 Å². The molecule has 21 heavy (non-hydrogen) atoms. The van der Waals surface area contributed by atoms with E-state index in [1.165, 1.54) is 5.56 Å². The molecule has 0 spiro atoms. The van der Waals surface area contributed by atoms with Crippen LogP contribution in [0, 0.1) is 0 Å². The first-order chi connectivity index (χ1) is 10.1. The summed E-state index contributed by atoms with van der Waals surface area (Å²) in [7, 11) is 1.96. The van der Waals surface area contributed by atoms with Crippen molar-refractivity contribution < 1.29 is 8.78 Å². The Hall–Kier alpha value is -1.39. The Morgan fingerprint density at radius 2 is 1.48 bits per heavy atom. The van der Waals surface area contributed by atoms with Crippen LogP contribution < -0.4 is 5.32 Å². The average Bonchev–Trinajstić information content (AvgIpc) is 2.49. The Balaban J connectivity index is 2.15. The van der Waals surface area contributed by atoms with Crippen LogP contribution in [0.15, 0.2) is 53.4 Å². The number of hydrogen-bond donors (Lipinski definition) is 1. The van der Waals surface area contributed by atoms with Gasteiger partial charge < -0.3 is 5.32 Å². The molecule has 0 bridgehead atoms. The van der Waals surface area contributed by atoms with Gasteiger partial charge >= 0.3 is 0 Å². The van der Waals surface area contributed by atoms with Crippen LogP contribution in [0.1, 0.15) is 24.9 Å². The molecule has 0 aliphatic rings. The molecule has 112 valence electrons. The number of benzene rings is 2. The summed E-state index contributed by atoms with van der Waals surface area (Å²) in [5, 5.41) is 3.28. The minimum absolute atomic E-state index is 0.365. The van der Waals surface area contributed by atoms with Crippen LogP contribution in [0.25, 0.3) is 11.1 Å². The van der Waals surface area contributed by atoms with Crippen LogP contribution in [0.3, 0.4) is 0 Å². The predicted octanol–water partition coefficient (Wildman–Crippen LogP) is 5.34. The number of hydrogen-bond acceptors (Lipinski definition) is 2. The third-order valence-corrected chi connectivity index (χ3v) is 4.21. The lowest BCUT2D eigenvalue weighted by Gasteiger charge is -2.14. The Labute approximate surface area is 128 Å². The minimum atomic E-state index is -2.37. The maximum Gasteiger partial charge on any atom is 0.288 e. The smallest absolute Gasteiger partial charge is 0.288 e. The lowest BCUT2D eigenvalue weighted by molar-refractivity contribution is 0.252. The summed E-state index contributed by atoms with van der Waals surface area (Å²) in [5.41, 5.74) is 3.39. The second kappa shape index (κ2) is 7.57. The van der Waals surface area contributed by atoms with E-state index in [1.807, 2.05) is 19.2 Å². The first kappa shape index (κ1) is 16.0. The molecular weight excluding hydrogens is 288 g/mol. The Kier molecular flexibility index (Phi) is 5.76. The molecule has 2 aromatic carbocycles. The molecule has 0 saturated heterocycles. The summed E-state index contributed by atoms with van der Waals surface area (Å²) in [6.45, 7) is 2.15. The maximum atomic E-state index is 12.3. The molecule has 1 unspecified atom stereocenters. The van der Waals surface area contributed by atoms with Crippen LogP contribution in [-0.4, -0.2) is 12.8 Å². The molecule has 2 aromatic rings. The molecule has 0 fully saturated rings. The van der Waals surface area contributed by atoms with Crippen molar-refractivity contribution in [3.8, 4) is 11.1 Å². The van der Waals surface area contributed by atoms with E-state index in [0.29, 0.717) is 22.7 Å². The SMILES string of the molecule is CCC(NC)c1ccc(-c2ccc(SC(F)F)cc2)cc1. The molecule has 0 saturated carbocycles. The van der Waals surface area contributed by atoms with E-state index in [2.05, 4.69) is 36.5 Å². The third kappa shape index (κ3) is 4.29. The van der Waals surface area contributed by atoms with E-state index in [1.54, 1.807) is 12.1 Å². The van der Waals surface area contributed by atoms with E-state index < -0.39 is 5.76 Å². The molecular formula is C17H19F2NS. The summed E-state index contributed by atoms with van der Waals surface area (Å²) < 4.78 is 24.6. The number of nitrogens with one attached hydrogen (secondary N) is 1. The van der Waals surface area contributed by atoms with Gasteiger partial charge in [-0.25, -0.2) is 0 Å². The average molecular weight is 307 g/mol. The Morgan fingerprint density at radius 3 is 1.90 bits per heavy atom. The van der Waals surface area contributed by atoms with E-state index >= 15 is 0 Å². The standard InChI is InChI=1S/C17H19F2NS/c1-3-16(20-2)14-6-4-12(5-7-14)13-8-10-15(11-9-13)21-17(18)19/h4-11,16-17,20H,3H2,1-2H3. The van der Waals surface area contributed by atoms with Crippen molar-refractivity contribution in [3.63, 3.8) is 0 Å². The van der Waals surface area contributed by atoms with E-state index in [0.717, 1.165) is 17.5 Å². The zero-order chi connectivity index (χ0) is 15.2. The normalized spacial score (nSPS) is 12.6. The summed E-state index contributed by atoms with van der Waals surface area (Å²) >= 11 is 0.573. The van der Waals surface area contributed by atoms with Crippen molar-refractivity contribution in [3.05, 3.63) is 54.1 Å². The monoisotopic (exact) mass is 307 g/mol. The van der Waals surface area contributed by atoms with Gasteiger partial charge in [0.05, 0.1) is 0 Å². The van der Waals surface area contributed by atoms with Crippen LogP contribution in [0.2, 0.25) is 0 Å². The van der Waals surface area contributed by atoms with Gasteiger partial charge in [0.2, 0.25) is 0 Å². The lowest BCUT2D eigenvalue weighted by Crippen LogP contribution is -2.14. The first-order valence-corrected chi connectivity index (χ1v) is 7.84. The zero-order valence-corrected chi connectivity index (χ0v) is 13.0. The fourth-order valence-electron chi connectivity index (χ4n) is 2.34. The first-order valence-electron chi connectivity index (χ1n) is 6.96. The van der Waals surface area contributed by atoms with E-state index in [4.69, 9.17) is 0 Å². The summed E-state index contributed by atoms with van der Waals surface area (Å²) in [6, 6.07) is 16.0. The quantitative estimate of drug-likeness (QED) is 0.723. The Bertz CT molecular complexity index is 548. The van der Waals surface area contributed by atoms with Crippen molar-refractivity contribution in [2.45, 2.75) is 30.0 Å². The van der Waals surface area contributed by atoms with Gasteiger partial charge in [0.15, 0.2) is 0 Å². The second-order valence-corrected chi connectivity index (χ2v) is 5.84. The number of rotatable bonds is 6. The molecule has 0 aliphatic carbocycles. The number of halogens is 2. The van der Waals surface area contributed by atoms with Crippen LogP contribution >= 0.6 is 11.8 Å². The molecule has 0 heterocycles. The van der Waals surface area contributed by atoms with Crippen LogP contribution in [0.4, 0.5) is 8.78 Å². The topological polar surface area (TPSA) is 12.0 Å². The molecule has 2 rings (SSSR count). The molecule has 0 radical (unpaired) electrons. The van der Waals surface area contributed by atoms with Gasteiger partial charge in [-0.2, -0.15) is 8.78 Å². The second-order valence-electron chi connectivity index (χ2n) is 4.77. The van der Waals surface area contributed by atoms with E-state index in [-0.39, 0.29) is 0 Å². The largest absolute Gasteiger partial charge is 0.313 e. The molecule has 0 amide bonds. The van der Waals surface area contributed by atoms with Crippen molar-refractivity contribution in [1.29, 1.82) is 0 Å². The van der Waals surface area contributed by atoms with E-state index in [9.17, 15) is 8.78 Å². The van der Waals surface area contributed by atoms with Crippen LogP contribution in [0.5, 0.6) is 0 Å². The highest BCUT2D eigenvalue weighted by molar-refractivity contribution is 7.99. The third-order valence-electron chi connectivity index (χ3n) is 3.48. The minimum Gasteiger partial charge on any atom is -0.313 e. The molecule has 0 aliphatic heterocycles. The molecule has 1 atom stereocenters. The summed E-state index contributed by atoms with van der Waals surface area (Å²) in [4.78, 5) is 0.589. The van der Waals surface area contributed by atoms with Gasteiger partial charge in [-0.3, -0.25) is 0 Å². The van der Waals surface area contributed by atoms with Gasteiger partial charge in [0.25, 0.3) is 5.76 Å². The zero-order valence-electron chi connectivity index (χ0n) is 12.1. The van der Waals surface area contributed by atoms with Crippen molar-refractivity contribution in [2.75, 3.05) is 7.05 Å². The fourth-order valence-corrected chi connectivity index (χ4v) is 2.84. The Morgan fingerprint density at radius 1 is 0.952 bits per heavy atom. The highest BCUT2D eigenvalue weighted by atomic mass is 32.2. The highest BCUT2D eigenvalue weighted by Crippen LogP contribution is 2.28. The van der Waals surface area contributed by atoms with Crippen molar-refractivity contribution in [1.82, 2.24) is 5.32 Å². The number of thioether (sulfide) groups is 1. The summed E-state index contributed by atoms with van der Waals surface area (Å²) in [5.74, 6) is -2.37. The van der Waals surface area contributed by atoms with Gasteiger partial charge in [-0.05, 0) is 42.3 Å². The van der Waals surface area contributed by atoms with Crippen LogP contribution in [-0.2, 0) is 0 Å². The highest BCUT2D eigenvalue weighted by Gasteiger charge is 2.07. The van der Waals surface area contributed by atoms with Crippen molar-refractivity contribution >= 4 is 11.8 Å².